The minimum atomic E-state index is -0.0431. The van der Waals surface area contributed by atoms with E-state index in [-0.39, 0.29) is 23.4 Å². The van der Waals surface area contributed by atoms with Gasteiger partial charge in [-0.05, 0) is 49.0 Å². The van der Waals surface area contributed by atoms with Crippen molar-refractivity contribution in [2.24, 2.45) is 23.7 Å². The Hall–Kier alpha value is -1.44. The Balaban J connectivity index is 1.71. The summed E-state index contributed by atoms with van der Waals surface area (Å²) in [5.74, 6) is 1.47. The van der Waals surface area contributed by atoms with E-state index in [0.29, 0.717) is 17.8 Å². The van der Waals surface area contributed by atoms with Crippen molar-refractivity contribution in [3.8, 4) is 0 Å². The number of Topliss-reactive ketones (excluding diaryl/α,β-unsaturated/α-hetero) is 2. The minimum Gasteiger partial charge on any atom is -0.291 e. The second-order valence-corrected chi connectivity index (χ2v) is 6.71. The van der Waals surface area contributed by atoms with Gasteiger partial charge in [-0.1, -0.05) is 36.8 Å². The quantitative estimate of drug-likeness (QED) is 0.732. The molecule has 1 aromatic carbocycles. The van der Waals surface area contributed by atoms with E-state index in [0.717, 1.165) is 25.7 Å². The van der Waals surface area contributed by atoms with E-state index < -0.39 is 0 Å². The Morgan fingerprint density at radius 2 is 1.40 bits per heavy atom. The van der Waals surface area contributed by atoms with Gasteiger partial charge < -0.3 is 0 Å². The smallest absolute Gasteiger partial charge is 0.202 e. The van der Waals surface area contributed by atoms with Crippen molar-refractivity contribution >= 4 is 11.6 Å². The SMILES string of the molecule is O=C1C(=O)C2CCC(c3ccccc3)C3CCCC1C23. The van der Waals surface area contributed by atoms with Gasteiger partial charge in [-0.3, -0.25) is 9.59 Å². The largest absolute Gasteiger partial charge is 0.291 e. The molecule has 0 spiro atoms. The van der Waals surface area contributed by atoms with Gasteiger partial charge in [0.1, 0.15) is 0 Å². The highest BCUT2D eigenvalue weighted by atomic mass is 16.2. The summed E-state index contributed by atoms with van der Waals surface area (Å²) in [5, 5.41) is 0. The first-order chi connectivity index (χ1) is 9.77. The zero-order chi connectivity index (χ0) is 13.7. The van der Waals surface area contributed by atoms with Crippen LogP contribution in [-0.2, 0) is 9.59 Å². The van der Waals surface area contributed by atoms with E-state index in [9.17, 15) is 9.59 Å². The Morgan fingerprint density at radius 3 is 2.15 bits per heavy atom. The van der Waals surface area contributed by atoms with Crippen molar-refractivity contribution in [3.63, 3.8) is 0 Å². The number of ketones is 2. The van der Waals surface area contributed by atoms with E-state index >= 15 is 0 Å². The Kier molecular flexibility index (Phi) is 2.80. The standard InChI is InChI=1S/C18H20O2/c19-17-14-8-4-7-13-12(11-5-2-1-3-6-11)9-10-15(16(13)14)18(17)20/h1-3,5-6,12-16H,4,7-10H2. The highest BCUT2D eigenvalue weighted by Gasteiger charge is 2.56. The molecule has 2 nitrogen and oxygen atoms in total. The van der Waals surface area contributed by atoms with E-state index in [4.69, 9.17) is 0 Å². The maximum absolute atomic E-state index is 12.2. The van der Waals surface area contributed by atoms with Crippen LogP contribution < -0.4 is 0 Å². The number of hydrogen-bond acceptors (Lipinski definition) is 2. The first-order valence-corrected chi connectivity index (χ1v) is 7.90. The normalized spacial score (nSPS) is 39.7. The van der Waals surface area contributed by atoms with Gasteiger partial charge in [-0.25, -0.2) is 0 Å². The molecule has 0 aliphatic heterocycles. The van der Waals surface area contributed by atoms with Gasteiger partial charge in [0, 0.05) is 11.8 Å². The Morgan fingerprint density at radius 1 is 0.750 bits per heavy atom. The van der Waals surface area contributed by atoms with Crippen LogP contribution in [0.1, 0.15) is 43.6 Å². The molecule has 0 amide bonds. The number of carbonyl (C=O) groups excluding carboxylic acids is 2. The molecular formula is C18H20O2. The van der Waals surface area contributed by atoms with Gasteiger partial charge >= 0.3 is 0 Å². The average Bonchev–Trinajstić information content (AvgIpc) is 2.76. The van der Waals surface area contributed by atoms with Gasteiger partial charge in [0.05, 0.1) is 0 Å². The number of carbonyl (C=O) groups is 2. The topological polar surface area (TPSA) is 34.1 Å². The fourth-order valence-corrected chi connectivity index (χ4v) is 5.16. The van der Waals surface area contributed by atoms with Crippen LogP contribution in [0.25, 0.3) is 0 Å². The van der Waals surface area contributed by atoms with Gasteiger partial charge in [-0.15, -0.1) is 0 Å². The highest BCUT2D eigenvalue weighted by molar-refractivity contribution is 6.41. The lowest BCUT2D eigenvalue weighted by molar-refractivity contribution is -0.137. The molecule has 4 rings (SSSR count). The maximum atomic E-state index is 12.2. The Labute approximate surface area is 119 Å². The third-order valence-corrected chi connectivity index (χ3v) is 5.93. The second-order valence-electron chi connectivity index (χ2n) is 6.71. The van der Waals surface area contributed by atoms with Crippen molar-refractivity contribution in [3.05, 3.63) is 35.9 Å². The van der Waals surface area contributed by atoms with Crippen molar-refractivity contribution < 1.29 is 9.59 Å². The van der Waals surface area contributed by atoms with Gasteiger partial charge in [0.15, 0.2) is 0 Å². The molecule has 3 aliphatic carbocycles. The molecule has 0 heterocycles. The molecule has 1 aromatic rings. The summed E-state index contributed by atoms with van der Waals surface area (Å²) in [6.07, 6.45) is 5.24. The first kappa shape index (κ1) is 12.3. The monoisotopic (exact) mass is 268 g/mol. The molecule has 104 valence electrons. The van der Waals surface area contributed by atoms with Gasteiger partial charge in [0.25, 0.3) is 0 Å². The molecule has 5 atom stereocenters. The van der Waals surface area contributed by atoms with E-state index in [1.54, 1.807) is 0 Å². The summed E-state index contributed by atoms with van der Waals surface area (Å²) in [5.41, 5.74) is 1.41. The molecule has 3 aliphatic rings. The lowest BCUT2D eigenvalue weighted by Gasteiger charge is -2.44. The third kappa shape index (κ3) is 1.63. The van der Waals surface area contributed by atoms with E-state index in [1.807, 2.05) is 0 Å². The molecule has 0 radical (unpaired) electrons. The predicted molar refractivity (Wildman–Crippen MR) is 76.2 cm³/mol. The third-order valence-electron chi connectivity index (χ3n) is 5.93. The number of benzene rings is 1. The fourth-order valence-electron chi connectivity index (χ4n) is 5.16. The molecule has 3 saturated carbocycles. The van der Waals surface area contributed by atoms with Crippen LogP contribution in [0.15, 0.2) is 30.3 Å². The zero-order valence-electron chi connectivity index (χ0n) is 11.6. The van der Waals surface area contributed by atoms with Gasteiger partial charge in [-0.2, -0.15) is 0 Å². The summed E-state index contributed by atoms with van der Waals surface area (Å²) in [6, 6.07) is 10.7. The molecular weight excluding hydrogens is 248 g/mol. The fraction of sp³-hybridized carbons (Fsp3) is 0.556. The lowest BCUT2D eigenvalue weighted by atomic mass is 9.59. The molecule has 0 saturated heterocycles. The van der Waals surface area contributed by atoms with Crippen molar-refractivity contribution in [2.45, 2.75) is 38.0 Å². The van der Waals surface area contributed by atoms with Crippen molar-refractivity contribution in [2.75, 3.05) is 0 Å². The summed E-state index contributed by atoms with van der Waals surface area (Å²) in [4.78, 5) is 24.4. The van der Waals surface area contributed by atoms with E-state index in [1.165, 1.54) is 12.0 Å². The summed E-state index contributed by atoms with van der Waals surface area (Å²) in [7, 11) is 0. The zero-order valence-corrected chi connectivity index (χ0v) is 11.6. The predicted octanol–water partition coefficient (Wildman–Crippen LogP) is 3.36. The lowest BCUT2D eigenvalue weighted by Crippen LogP contribution is -2.38. The summed E-state index contributed by atoms with van der Waals surface area (Å²) >= 11 is 0. The first-order valence-electron chi connectivity index (χ1n) is 7.90. The van der Waals surface area contributed by atoms with Gasteiger partial charge in [0.2, 0.25) is 11.6 Å². The minimum absolute atomic E-state index is 0.0431. The van der Waals surface area contributed by atoms with Crippen LogP contribution in [0, 0.1) is 23.7 Å². The molecule has 20 heavy (non-hydrogen) atoms. The molecule has 5 unspecified atom stereocenters. The number of rotatable bonds is 1. The second kappa shape index (κ2) is 4.54. The molecule has 3 fully saturated rings. The Bertz CT molecular complexity index is 532. The van der Waals surface area contributed by atoms with Crippen LogP contribution in [-0.4, -0.2) is 11.6 Å². The van der Waals surface area contributed by atoms with Crippen molar-refractivity contribution in [1.82, 2.24) is 0 Å². The van der Waals surface area contributed by atoms with Crippen LogP contribution in [0.3, 0.4) is 0 Å². The highest BCUT2D eigenvalue weighted by Crippen LogP contribution is 2.56. The molecule has 0 aromatic heterocycles. The van der Waals surface area contributed by atoms with Crippen LogP contribution >= 0.6 is 0 Å². The average molecular weight is 268 g/mol. The molecule has 0 bridgehead atoms. The summed E-state index contributed by atoms with van der Waals surface area (Å²) in [6.45, 7) is 0. The maximum Gasteiger partial charge on any atom is 0.202 e. The molecule has 2 heteroatoms. The number of hydrogen-bond donors (Lipinski definition) is 0. The van der Waals surface area contributed by atoms with Crippen molar-refractivity contribution in [1.29, 1.82) is 0 Å². The summed E-state index contributed by atoms with van der Waals surface area (Å²) < 4.78 is 0. The molecule has 0 N–H and O–H groups in total. The van der Waals surface area contributed by atoms with Crippen LogP contribution in [0.2, 0.25) is 0 Å². The van der Waals surface area contributed by atoms with Crippen LogP contribution in [0.4, 0.5) is 0 Å². The van der Waals surface area contributed by atoms with Crippen LogP contribution in [0.5, 0.6) is 0 Å². The van der Waals surface area contributed by atoms with E-state index in [2.05, 4.69) is 30.3 Å².